The minimum absolute atomic E-state index is 0.0660. The lowest BCUT2D eigenvalue weighted by molar-refractivity contribution is 0.0796. The van der Waals surface area contributed by atoms with Gasteiger partial charge in [-0.25, -0.2) is 9.97 Å². The Hall–Kier alpha value is -1.85. The van der Waals surface area contributed by atoms with Gasteiger partial charge in [-0.3, -0.25) is 4.79 Å². The van der Waals surface area contributed by atoms with Crippen LogP contribution < -0.4 is 10.6 Å². The molecule has 0 spiro atoms. The third-order valence-corrected chi connectivity index (χ3v) is 2.13. The first-order chi connectivity index (χ1) is 6.74. The molecule has 0 aromatic carbocycles. The topological polar surface area (TPSA) is 70.2 Å². The van der Waals surface area contributed by atoms with Crippen LogP contribution in [-0.2, 0) is 0 Å². The molecular weight excluding hydrogens is 182 g/mol. The van der Waals surface area contributed by atoms with Crippen molar-refractivity contribution in [2.75, 3.05) is 31.4 Å². The summed E-state index contributed by atoms with van der Waals surface area (Å²) in [5.74, 6) is 1.08. The SMILES string of the molecule is CNc1ncnc2c1C(=O)N(C)CN2. The standard InChI is InChI=1S/C8H11N5O/c1-9-6-5-7(11-3-10-6)12-4-13(2)8(5)14/h3H,4H2,1-2H3,(H2,9,10,11,12). The predicted molar refractivity (Wildman–Crippen MR) is 52.2 cm³/mol. The molecule has 1 aliphatic heterocycles. The third kappa shape index (κ3) is 1.15. The Balaban J connectivity index is 2.55. The maximum absolute atomic E-state index is 11.8. The summed E-state index contributed by atoms with van der Waals surface area (Å²) in [5, 5.41) is 5.90. The molecule has 2 heterocycles. The van der Waals surface area contributed by atoms with Crippen LogP contribution in [0.1, 0.15) is 10.4 Å². The number of nitrogens with one attached hydrogen (secondary N) is 2. The lowest BCUT2D eigenvalue weighted by atomic mass is 10.2. The van der Waals surface area contributed by atoms with Crippen LogP contribution in [-0.4, -0.2) is 41.5 Å². The van der Waals surface area contributed by atoms with Gasteiger partial charge < -0.3 is 15.5 Å². The lowest BCUT2D eigenvalue weighted by Crippen LogP contribution is -2.37. The van der Waals surface area contributed by atoms with E-state index < -0.39 is 0 Å². The number of rotatable bonds is 1. The van der Waals surface area contributed by atoms with E-state index in [0.29, 0.717) is 23.9 Å². The molecule has 14 heavy (non-hydrogen) atoms. The molecule has 2 rings (SSSR count). The molecule has 0 fully saturated rings. The van der Waals surface area contributed by atoms with E-state index >= 15 is 0 Å². The Bertz CT molecular complexity index is 364. The van der Waals surface area contributed by atoms with Crippen molar-refractivity contribution in [2.45, 2.75) is 0 Å². The Kier molecular flexibility index (Phi) is 1.95. The smallest absolute Gasteiger partial charge is 0.262 e. The zero-order valence-corrected chi connectivity index (χ0v) is 8.03. The second kappa shape index (κ2) is 3.13. The Morgan fingerprint density at radius 1 is 1.57 bits per heavy atom. The number of fused-ring (bicyclic) bond motifs is 1. The van der Waals surface area contributed by atoms with E-state index in [1.807, 2.05) is 0 Å². The number of carbonyl (C=O) groups is 1. The minimum atomic E-state index is -0.0660. The molecule has 2 N–H and O–H groups in total. The molecule has 0 atom stereocenters. The Labute approximate surface area is 81.3 Å². The average molecular weight is 193 g/mol. The predicted octanol–water partition coefficient (Wildman–Crippen LogP) is -0.0267. The van der Waals surface area contributed by atoms with Crippen molar-refractivity contribution in [2.24, 2.45) is 0 Å². The summed E-state index contributed by atoms with van der Waals surface area (Å²) in [7, 11) is 3.45. The highest BCUT2D eigenvalue weighted by atomic mass is 16.2. The largest absolute Gasteiger partial charge is 0.372 e. The summed E-state index contributed by atoms with van der Waals surface area (Å²) < 4.78 is 0. The number of aromatic nitrogens is 2. The fraction of sp³-hybridized carbons (Fsp3) is 0.375. The van der Waals surface area contributed by atoms with E-state index in [1.54, 1.807) is 19.0 Å². The monoisotopic (exact) mass is 193 g/mol. The molecule has 1 aromatic heterocycles. The average Bonchev–Trinajstić information content (AvgIpc) is 2.23. The number of nitrogens with zero attached hydrogens (tertiary/aromatic N) is 3. The number of hydrogen-bond acceptors (Lipinski definition) is 5. The maximum atomic E-state index is 11.8. The minimum Gasteiger partial charge on any atom is -0.372 e. The summed E-state index contributed by atoms with van der Waals surface area (Å²) in [6.07, 6.45) is 1.43. The molecule has 0 radical (unpaired) electrons. The highest BCUT2D eigenvalue weighted by molar-refractivity contribution is 6.04. The number of anilines is 2. The van der Waals surface area contributed by atoms with Crippen molar-refractivity contribution < 1.29 is 4.79 Å². The molecule has 6 heteroatoms. The van der Waals surface area contributed by atoms with E-state index in [4.69, 9.17) is 0 Å². The van der Waals surface area contributed by atoms with Gasteiger partial charge in [-0.05, 0) is 0 Å². The van der Waals surface area contributed by atoms with E-state index in [1.165, 1.54) is 6.33 Å². The zero-order valence-electron chi connectivity index (χ0n) is 8.03. The molecule has 1 aromatic rings. The summed E-state index contributed by atoms with van der Waals surface area (Å²) in [6, 6.07) is 0. The highest BCUT2D eigenvalue weighted by Gasteiger charge is 2.25. The van der Waals surface area contributed by atoms with E-state index in [-0.39, 0.29) is 5.91 Å². The molecule has 1 amide bonds. The van der Waals surface area contributed by atoms with Crippen molar-refractivity contribution in [3.8, 4) is 0 Å². The molecule has 74 valence electrons. The van der Waals surface area contributed by atoms with Crippen LogP contribution in [0.5, 0.6) is 0 Å². The van der Waals surface area contributed by atoms with Gasteiger partial charge >= 0.3 is 0 Å². The van der Waals surface area contributed by atoms with Gasteiger partial charge in [0, 0.05) is 14.1 Å². The van der Waals surface area contributed by atoms with Gasteiger partial charge in [0.15, 0.2) is 0 Å². The van der Waals surface area contributed by atoms with Crippen LogP contribution >= 0.6 is 0 Å². The molecule has 6 nitrogen and oxygen atoms in total. The summed E-state index contributed by atoms with van der Waals surface area (Å²) in [6.45, 7) is 0.478. The van der Waals surface area contributed by atoms with Crippen molar-refractivity contribution in [3.05, 3.63) is 11.9 Å². The number of amides is 1. The highest BCUT2D eigenvalue weighted by Crippen LogP contribution is 2.23. The van der Waals surface area contributed by atoms with Gasteiger partial charge in [-0.2, -0.15) is 0 Å². The quantitative estimate of drug-likeness (QED) is 0.655. The fourth-order valence-corrected chi connectivity index (χ4v) is 1.37. The van der Waals surface area contributed by atoms with Gasteiger partial charge in [-0.15, -0.1) is 0 Å². The van der Waals surface area contributed by atoms with Crippen molar-refractivity contribution in [1.29, 1.82) is 0 Å². The van der Waals surface area contributed by atoms with Gasteiger partial charge in [0.1, 0.15) is 23.5 Å². The van der Waals surface area contributed by atoms with Gasteiger partial charge in [0.05, 0.1) is 6.67 Å². The summed E-state index contributed by atoms with van der Waals surface area (Å²) >= 11 is 0. The molecule has 0 aliphatic carbocycles. The summed E-state index contributed by atoms with van der Waals surface area (Å²) in [5.41, 5.74) is 0.503. The molecular formula is C8H11N5O. The van der Waals surface area contributed by atoms with Crippen LogP contribution in [0.3, 0.4) is 0 Å². The molecule has 1 aliphatic rings. The van der Waals surface area contributed by atoms with Crippen LogP contribution in [0.25, 0.3) is 0 Å². The van der Waals surface area contributed by atoms with E-state index in [2.05, 4.69) is 20.6 Å². The first kappa shape index (κ1) is 8.74. The molecule has 0 unspecified atom stereocenters. The Morgan fingerprint density at radius 2 is 2.36 bits per heavy atom. The van der Waals surface area contributed by atoms with Crippen LogP contribution in [0.15, 0.2) is 6.33 Å². The lowest BCUT2D eigenvalue weighted by Gasteiger charge is -2.26. The van der Waals surface area contributed by atoms with Gasteiger partial charge in [0.25, 0.3) is 5.91 Å². The van der Waals surface area contributed by atoms with Crippen molar-refractivity contribution >= 4 is 17.5 Å². The van der Waals surface area contributed by atoms with Crippen LogP contribution in [0.2, 0.25) is 0 Å². The zero-order chi connectivity index (χ0) is 10.1. The first-order valence-corrected chi connectivity index (χ1v) is 4.26. The van der Waals surface area contributed by atoms with Crippen LogP contribution in [0.4, 0.5) is 11.6 Å². The maximum Gasteiger partial charge on any atom is 0.262 e. The van der Waals surface area contributed by atoms with E-state index in [0.717, 1.165) is 0 Å². The fourth-order valence-electron chi connectivity index (χ4n) is 1.37. The van der Waals surface area contributed by atoms with Crippen LogP contribution in [0, 0.1) is 0 Å². The second-order valence-corrected chi connectivity index (χ2v) is 3.03. The first-order valence-electron chi connectivity index (χ1n) is 4.26. The molecule has 0 saturated heterocycles. The number of hydrogen-bond donors (Lipinski definition) is 2. The number of carbonyl (C=O) groups excluding carboxylic acids is 1. The molecule has 0 bridgehead atoms. The van der Waals surface area contributed by atoms with Crippen molar-refractivity contribution in [3.63, 3.8) is 0 Å². The normalized spacial score (nSPS) is 14.7. The van der Waals surface area contributed by atoms with Gasteiger partial charge in [-0.1, -0.05) is 0 Å². The molecule has 0 saturated carbocycles. The van der Waals surface area contributed by atoms with E-state index in [9.17, 15) is 4.79 Å². The Morgan fingerprint density at radius 3 is 3.07 bits per heavy atom. The van der Waals surface area contributed by atoms with Gasteiger partial charge in [0.2, 0.25) is 0 Å². The third-order valence-electron chi connectivity index (χ3n) is 2.13. The van der Waals surface area contributed by atoms with Crippen molar-refractivity contribution in [1.82, 2.24) is 14.9 Å². The second-order valence-electron chi connectivity index (χ2n) is 3.03. The summed E-state index contributed by atoms with van der Waals surface area (Å²) in [4.78, 5) is 21.3.